The van der Waals surface area contributed by atoms with Gasteiger partial charge in [0.2, 0.25) is 0 Å². The van der Waals surface area contributed by atoms with Gasteiger partial charge in [0.15, 0.2) is 0 Å². The summed E-state index contributed by atoms with van der Waals surface area (Å²) in [4.78, 5) is 8.27. The van der Waals surface area contributed by atoms with E-state index in [-0.39, 0.29) is 6.04 Å². The average Bonchev–Trinajstić information content (AvgIpc) is 2.28. The zero-order chi connectivity index (χ0) is 12.3. The maximum absolute atomic E-state index is 6.12. The summed E-state index contributed by atoms with van der Waals surface area (Å²) in [6.07, 6.45) is 5.86. The molecule has 1 unspecified atom stereocenters. The van der Waals surface area contributed by atoms with Crippen molar-refractivity contribution in [3.05, 3.63) is 59.2 Å². The van der Waals surface area contributed by atoms with Gasteiger partial charge in [-0.2, -0.15) is 0 Å². The maximum atomic E-state index is 6.12. The fraction of sp³-hybridized carbons (Fsp3) is 0.286. The molecule has 1 heterocycles. The second-order valence-electron chi connectivity index (χ2n) is 4.44. The van der Waals surface area contributed by atoms with E-state index in [1.165, 1.54) is 16.7 Å². The standard InChI is InChI=1S/C14H17N3/c1-10-5-11(2)7-12(6-10)8-13(15)14-9-16-3-4-17-14/h3-7,9,13H,8,15H2,1-2H3. The Morgan fingerprint density at radius 3 is 2.41 bits per heavy atom. The molecule has 0 saturated carbocycles. The number of nitrogens with zero attached hydrogens (tertiary/aromatic N) is 2. The van der Waals surface area contributed by atoms with E-state index in [1.807, 2.05) is 0 Å². The van der Waals surface area contributed by atoms with E-state index in [4.69, 9.17) is 5.73 Å². The van der Waals surface area contributed by atoms with E-state index >= 15 is 0 Å². The summed E-state index contributed by atoms with van der Waals surface area (Å²) in [5.74, 6) is 0. The van der Waals surface area contributed by atoms with Gasteiger partial charge < -0.3 is 5.73 Å². The van der Waals surface area contributed by atoms with Crippen LogP contribution < -0.4 is 5.73 Å². The van der Waals surface area contributed by atoms with Gasteiger partial charge in [-0.3, -0.25) is 9.97 Å². The molecule has 2 N–H and O–H groups in total. The molecule has 0 bridgehead atoms. The molecule has 1 aromatic carbocycles. The number of nitrogens with two attached hydrogens (primary N) is 1. The second kappa shape index (κ2) is 5.06. The molecule has 0 fully saturated rings. The van der Waals surface area contributed by atoms with Crippen molar-refractivity contribution >= 4 is 0 Å². The van der Waals surface area contributed by atoms with Crippen molar-refractivity contribution in [3.63, 3.8) is 0 Å². The van der Waals surface area contributed by atoms with Gasteiger partial charge in [-0.25, -0.2) is 0 Å². The van der Waals surface area contributed by atoms with Crippen molar-refractivity contribution in [2.45, 2.75) is 26.3 Å². The molecular formula is C14H17N3. The molecule has 0 saturated heterocycles. The minimum atomic E-state index is -0.0927. The molecule has 0 aliphatic heterocycles. The molecule has 2 rings (SSSR count). The summed E-state index contributed by atoms with van der Waals surface area (Å²) in [5.41, 5.74) is 10.8. The Kier molecular flexibility index (Phi) is 3.49. The normalized spacial score (nSPS) is 12.4. The van der Waals surface area contributed by atoms with E-state index in [0.29, 0.717) is 0 Å². The Morgan fingerprint density at radius 2 is 1.82 bits per heavy atom. The van der Waals surface area contributed by atoms with Crippen molar-refractivity contribution in [3.8, 4) is 0 Å². The van der Waals surface area contributed by atoms with Crippen LogP contribution in [0, 0.1) is 13.8 Å². The summed E-state index contributed by atoms with van der Waals surface area (Å²) in [5, 5.41) is 0. The third-order valence-corrected chi connectivity index (χ3v) is 2.70. The first-order chi connectivity index (χ1) is 8.15. The van der Waals surface area contributed by atoms with E-state index in [0.717, 1.165) is 12.1 Å². The summed E-state index contributed by atoms with van der Waals surface area (Å²) in [7, 11) is 0. The number of benzene rings is 1. The molecule has 3 heteroatoms. The highest BCUT2D eigenvalue weighted by atomic mass is 14.8. The number of hydrogen-bond donors (Lipinski definition) is 1. The minimum Gasteiger partial charge on any atom is -0.322 e. The largest absolute Gasteiger partial charge is 0.322 e. The van der Waals surface area contributed by atoms with E-state index < -0.39 is 0 Å². The number of aromatic nitrogens is 2. The van der Waals surface area contributed by atoms with Crippen LogP contribution in [0.4, 0.5) is 0 Å². The Hall–Kier alpha value is -1.74. The summed E-state index contributed by atoms with van der Waals surface area (Å²) in [6.45, 7) is 4.20. The maximum Gasteiger partial charge on any atom is 0.0757 e. The van der Waals surface area contributed by atoms with Crippen LogP contribution in [0.1, 0.15) is 28.4 Å². The van der Waals surface area contributed by atoms with Crippen LogP contribution in [0.15, 0.2) is 36.8 Å². The first-order valence-electron chi connectivity index (χ1n) is 5.74. The molecule has 0 aliphatic rings. The molecular weight excluding hydrogens is 210 g/mol. The van der Waals surface area contributed by atoms with Crippen molar-refractivity contribution in [1.82, 2.24) is 9.97 Å². The van der Waals surface area contributed by atoms with Gasteiger partial charge in [0, 0.05) is 18.6 Å². The molecule has 0 aliphatic carbocycles. The van der Waals surface area contributed by atoms with Crippen LogP contribution in [0.25, 0.3) is 0 Å². The predicted molar refractivity (Wildman–Crippen MR) is 68.6 cm³/mol. The molecule has 88 valence electrons. The predicted octanol–water partition coefficient (Wildman–Crippen LogP) is 2.34. The molecule has 2 aromatic rings. The van der Waals surface area contributed by atoms with Gasteiger partial charge in [0.25, 0.3) is 0 Å². The Morgan fingerprint density at radius 1 is 1.12 bits per heavy atom. The van der Waals surface area contributed by atoms with Crippen molar-refractivity contribution < 1.29 is 0 Å². The highest BCUT2D eigenvalue weighted by Gasteiger charge is 2.08. The van der Waals surface area contributed by atoms with Crippen LogP contribution in [-0.2, 0) is 6.42 Å². The average molecular weight is 227 g/mol. The smallest absolute Gasteiger partial charge is 0.0757 e. The van der Waals surface area contributed by atoms with Gasteiger partial charge in [-0.1, -0.05) is 29.3 Å². The first kappa shape index (κ1) is 11.7. The quantitative estimate of drug-likeness (QED) is 0.875. The van der Waals surface area contributed by atoms with Gasteiger partial charge in [-0.05, 0) is 25.8 Å². The SMILES string of the molecule is Cc1cc(C)cc(CC(N)c2cnccn2)c1. The van der Waals surface area contributed by atoms with E-state index in [2.05, 4.69) is 42.0 Å². The number of rotatable bonds is 3. The second-order valence-corrected chi connectivity index (χ2v) is 4.44. The van der Waals surface area contributed by atoms with Crippen LogP contribution in [0.3, 0.4) is 0 Å². The van der Waals surface area contributed by atoms with Crippen LogP contribution >= 0.6 is 0 Å². The van der Waals surface area contributed by atoms with Crippen LogP contribution in [0.5, 0.6) is 0 Å². The third kappa shape index (κ3) is 3.11. The molecule has 1 atom stereocenters. The lowest BCUT2D eigenvalue weighted by Crippen LogP contribution is -2.15. The summed E-state index contributed by atoms with van der Waals surface area (Å²) < 4.78 is 0. The van der Waals surface area contributed by atoms with Crippen molar-refractivity contribution in [2.24, 2.45) is 5.73 Å². The summed E-state index contributed by atoms with van der Waals surface area (Å²) >= 11 is 0. The van der Waals surface area contributed by atoms with E-state index in [9.17, 15) is 0 Å². The van der Waals surface area contributed by atoms with E-state index in [1.54, 1.807) is 18.6 Å². The fourth-order valence-electron chi connectivity index (χ4n) is 2.05. The highest BCUT2D eigenvalue weighted by molar-refractivity contribution is 5.29. The van der Waals surface area contributed by atoms with Crippen molar-refractivity contribution in [1.29, 1.82) is 0 Å². The fourth-order valence-corrected chi connectivity index (χ4v) is 2.05. The Labute approximate surface area is 102 Å². The van der Waals surface area contributed by atoms with Gasteiger partial charge in [-0.15, -0.1) is 0 Å². The molecule has 17 heavy (non-hydrogen) atoms. The molecule has 1 aromatic heterocycles. The molecule has 0 radical (unpaired) electrons. The van der Waals surface area contributed by atoms with Crippen LogP contribution in [-0.4, -0.2) is 9.97 Å². The number of aryl methyl sites for hydroxylation is 2. The van der Waals surface area contributed by atoms with Crippen molar-refractivity contribution in [2.75, 3.05) is 0 Å². The zero-order valence-corrected chi connectivity index (χ0v) is 10.2. The monoisotopic (exact) mass is 227 g/mol. The lowest BCUT2D eigenvalue weighted by Gasteiger charge is -2.11. The Bertz CT molecular complexity index is 474. The van der Waals surface area contributed by atoms with Gasteiger partial charge in [0.1, 0.15) is 0 Å². The molecule has 3 nitrogen and oxygen atoms in total. The van der Waals surface area contributed by atoms with Crippen LogP contribution in [0.2, 0.25) is 0 Å². The van der Waals surface area contributed by atoms with Gasteiger partial charge in [0.05, 0.1) is 11.7 Å². The third-order valence-electron chi connectivity index (χ3n) is 2.70. The topological polar surface area (TPSA) is 51.8 Å². The lowest BCUT2D eigenvalue weighted by molar-refractivity contribution is 0.690. The van der Waals surface area contributed by atoms with Gasteiger partial charge >= 0.3 is 0 Å². The lowest BCUT2D eigenvalue weighted by atomic mass is 10.0. The molecule has 0 amide bonds. The first-order valence-corrected chi connectivity index (χ1v) is 5.74. The molecule has 0 spiro atoms. The minimum absolute atomic E-state index is 0.0927. The number of hydrogen-bond acceptors (Lipinski definition) is 3. The Balaban J connectivity index is 2.16. The summed E-state index contributed by atoms with van der Waals surface area (Å²) in [6, 6.07) is 6.41. The highest BCUT2D eigenvalue weighted by Crippen LogP contribution is 2.16. The zero-order valence-electron chi connectivity index (χ0n) is 10.2.